The molecule has 0 fully saturated rings. The molecule has 0 saturated heterocycles. The van der Waals surface area contributed by atoms with Crippen molar-refractivity contribution in [3.05, 3.63) is 0 Å². The minimum atomic E-state index is -0.849. The van der Waals surface area contributed by atoms with Crippen molar-refractivity contribution in [2.75, 3.05) is 27.3 Å². The zero-order valence-electron chi connectivity index (χ0n) is 11.4. The number of esters is 1. The molecule has 0 aromatic carbocycles. The number of nitrogens with one attached hydrogen (secondary N) is 2. The van der Waals surface area contributed by atoms with Gasteiger partial charge in [-0.15, -0.1) is 0 Å². The lowest BCUT2D eigenvalue weighted by atomic mass is 10.3. The quantitative estimate of drug-likeness (QED) is 0.515. The van der Waals surface area contributed by atoms with Crippen LogP contribution in [0.2, 0.25) is 0 Å². The summed E-state index contributed by atoms with van der Waals surface area (Å²) in [6.45, 7) is 1.48. The molecule has 19 heavy (non-hydrogen) atoms. The molecule has 1 unspecified atom stereocenters. The molecule has 0 spiro atoms. The van der Waals surface area contributed by atoms with E-state index < -0.39 is 24.3 Å². The van der Waals surface area contributed by atoms with E-state index in [0.29, 0.717) is 6.42 Å². The molecule has 1 atom stereocenters. The minimum Gasteiger partial charge on any atom is -0.462 e. The largest absolute Gasteiger partial charge is 0.462 e. The van der Waals surface area contributed by atoms with Gasteiger partial charge in [-0.1, -0.05) is 6.92 Å². The maximum Gasteiger partial charge on any atom is 0.407 e. The second-order valence-electron chi connectivity index (χ2n) is 3.56. The van der Waals surface area contributed by atoms with Crippen molar-refractivity contribution < 1.29 is 28.6 Å². The Hall–Kier alpha value is -1.99. The number of carbonyl (C=O) groups is 3. The van der Waals surface area contributed by atoms with Crippen molar-refractivity contribution in [1.82, 2.24) is 10.6 Å². The molecule has 0 saturated carbocycles. The first kappa shape index (κ1) is 17.0. The van der Waals surface area contributed by atoms with Crippen LogP contribution in [0.3, 0.4) is 0 Å². The van der Waals surface area contributed by atoms with Gasteiger partial charge in [0.2, 0.25) is 0 Å². The topological polar surface area (TPSA) is 103 Å². The van der Waals surface area contributed by atoms with E-state index in [9.17, 15) is 14.4 Å². The molecule has 0 aliphatic rings. The summed E-state index contributed by atoms with van der Waals surface area (Å²) >= 11 is 0. The zero-order valence-corrected chi connectivity index (χ0v) is 11.4. The Bertz CT molecular complexity index is 308. The number of hydrogen-bond acceptors (Lipinski definition) is 6. The predicted molar refractivity (Wildman–Crippen MR) is 65.6 cm³/mol. The van der Waals surface area contributed by atoms with Crippen molar-refractivity contribution in [2.24, 2.45) is 0 Å². The van der Waals surface area contributed by atoms with Gasteiger partial charge in [0, 0.05) is 20.5 Å². The Labute approximate surface area is 111 Å². The van der Waals surface area contributed by atoms with E-state index in [2.05, 4.69) is 10.6 Å². The third kappa shape index (κ3) is 8.70. The predicted octanol–water partition coefficient (Wildman–Crippen LogP) is 0.410. The molecule has 8 nitrogen and oxygen atoms in total. The molecule has 0 aliphatic heterocycles. The first-order valence-electron chi connectivity index (χ1n) is 5.91. The van der Waals surface area contributed by atoms with Crippen LogP contribution in [0.15, 0.2) is 0 Å². The number of alkyl carbamates (subject to hydrolysis) is 2. The molecule has 0 aromatic heterocycles. The lowest BCUT2D eigenvalue weighted by molar-refractivity contribution is -0.147. The van der Waals surface area contributed by atoms with E-state index in [4.69, 9.17) is 14.2 Å². The number of rotatable bonds is 7. The maximum atomic E-state index is 11.2. The van der Waals surface area contributed by atoms with Gasteiger partial charge in [-0.25, -0.2) is 9.59 Å². The number of carbonyl (C=O) groups excluding carboxylic acids is 3. The van der Waals surface area contributed by atoms with Gasteiger partial charge >= 0.3 is 18.2 Å². The van der Waals surface area contributed by atoms with Gasteiger partial charge in [-0.3, -0.25) is 4.79 Å². The highest BCUT2D eigenvalue weighted by Gasteiger charge is 2.18. The minimum absolute atomic E-state index is 0.163. The van der Waals surface area contributed by atoms with Crippen molar-refractivity contribution in [3.63, 3.8) is 0 Å². The monoisotopic (exact) mass is 276 g/mol. The third-order valence-corrected chi connectivity index (χ3v) is 1.97. The molecule has 2 amide bonds. The van der Waals surface area contributed by atoms with Crippen LogP contribution < -0.4 is 10.6 Å². The fourth-order valence-electron chi connectivity index (χ4n) is 1.03. The standard InChI is InChI=1S/C11H20N2O6/c1-4-5-9(14)17-6-8(19-11(16)13-3)7-18-10(15)12-2/h8H,4-7H2,1-3H3,(H,12,15)(H,13,16). The van der Waals surface area contributed by atoms with E-state index in [1.54, 1.807) is 0 Å². The summed E-state index contributed by atoms with van der Waals surface area (Å²) in [5.41, 5.74) is 0. The van der Waals surface area contributed by atoms with E-state index in [0.717, 1.165) is 0 Å². The van der Waals surface area contributed by atoms with Crippen molar-refractivity contribution in [2.45, 2.75) is 25.9 Å². The summed E-state index contributed by atoms with van der Waals surface area (Å²) in [6.07, 6.45) is -1.27. The summed E-state index contributed by atoms with van der Waals surface area (Å²) < 4.78 is 14.5. The van der Waals surface area contributed by atoms with Crippen LogP contribution in [0.4, 0.5) is 9.59 Å². The molecule has 0 radical (unpaired) electrons. The van der Waals surface area contributed by atoms with Crippen LogP contribution in [0, 0.1) is 0 Å². The molecule has 0 heterocycles. The zero-order chi connectivity index (χ0) is 14.7. The normalized spacial score (nSPS) is 11.1. The Balaban J connectivity index is 4.20. The van der Waals surface area contributed by atoms with E-state index in [1.165, 1.54) is 14.1 Å². The Morgan fingerprint density at radius 1 is 1.00 bits per heavy atom. The summed E-state index contributed by atoms with van der Waals surface area (Å²) in [7, 11) is 2.79. The van der Waals surface area contributed by atoms with Crippen LogP contribution in [0.1, 0.15) is 19.8 Å². The van der Waals surface area contributed by atoms with E-state index >= 15 is 0 Å². The summed E-state index contributed by atoms with van der Waals surface area (Å²) in [6, 6.07) is 0. The maximum absolute atomic E-state index is 11.2. The Kier molecular flexibility index (Phi) is 8.94. The van der Waals surface area contributed by atoms with Crippen molar-refractivity contribution >= 4 is 18.2 Å². The van der Waals surface area contributed by atoms with Crippen LogP contribution in [0.25, 0.3) is 0 Å². The molecule has 0 aromatic rings. The van der Waals surface area contributed by atoms with Gasteiger partial charge in [0.05, 0.1) is 0 Å². The first-order chi connectivity index (χ1) is 9.03. The summed E-state index contributed by atoms with van der Waals surface area (Å²) in [4.78, 5) is 33.2. The number of hydrogen-bond donors (Lipinski definition) is 2. The van der Waals surface area contributed by atoms with Crippen LogP contribution >= 0.6 is 0 Å². The molecule has 0 aliphatic carbocycles. The SMILES string of the molecule is CCCC(=O)OCC(COC(=O)NC)OC(=O)NC. The van der Waals surface area contributed by atoms with Crippen molar-refractivity contribution in [1.29, 1.82) is 0 Å². The molecule has 0 rings (SSSR count). The lowest BCUT2D eigenvalue weighted by Gasteiger charge is -2.17. The lowest BCUT2D eigenvalue weighted by Crippen LogP contribution is -2.35. The van der Waals surface area contributed by atoms with Gasteiger partial charge in [0.25, 0.3) is 0 Å². The van der Waals surface area contributed by atoms with Gasteiger partial charge in [-0.2, -0.15) is 0 Å². The van der Waals surface area contributed by atoms with Gasteiger partial charge in [0.1, 0.15) is 13.2 Å². The van der Waals surface area contributed by atoms with Gasteiger partial charge in [-0.05, 0) is 6.42 Å². The number of amides is 2. The highest BCUT2D eigenvalue weighted by molar-refractivity contribution is 5.69. The van der Waals surface area contributed by atoms with Crippen LogP contribution in [-0.4, -0.2) is 51.6 Å². The molecule has 0 bridgehead atoms. The summed E-state index contributed by atoms with van der Waals surface area (Å²) in [5.74, 6) is -0.395. The summed E-state index contributed by atoms with van der Waals surface area (Å²) in [5, 5.41) is 4.50. The second kappa shape index (κ2) is 9.98. The van der Waals surface area contributed by atoms with E-state index in [1.807, 2.05) is 6.92 Å². The molecule has 2 N–H and O–H groups in total. The number of ether oxygens (including phenoxy) is 3. The third-order valence-electron chi connectivity index (χ3n) is 1.97. The van der Waals surface area contributed by atoms with Gasteiger partial charge < -0.3 is 24.8 Å². The second-order valence-corrected chi connectivity index (χ2v) is 3.56. The van der Waals surface area contributed by atoms with Crippen LogP contribution in [-0.2, 0) is 19.0 Å². The fourth-order valence-corrected chi connectivity index (χ4v) is 1.03. The highest BCUT2D eigenvalue weighted by atomic mass is 16.6. The molecular weight excluding hydrogens is 256 g/mol. The van der Waals surface area contributed by atoms with Crippen LogP contribution in [0.5, 0.6) is 0 Å². The van der Waals surface area contributed by atoms with Gasteiger partial charge in [0.15, 0.2) is 6.10 Å². The average molecular weight is 276 g/mol. The highest BCUT2D eigenvalue weighted by Crippen LogP contribution is 1.99. The molecule has 110 valence electrons. The molecule has 8 heteroatoms. The van der Waals surface area contributed by atoms with E-state index in [-0.39, 0.29) is 19.6 Å². The first-order valence-corrected chi connectivity index (χ1v) is 5.91. The van der Waals surface area contributed by atoms with Crippen molar-refractivity contribution in [3.8, 4) is 0 Å². The average Bonchev–Trinajstić information content (AvgIpc) is 2.41. The smallest absolute Gasteiger partial charge is 0.407 e. The Morgan fingerprint density at radius 2 is 1.58 bits per heavy atom. The molecular formula is C11H20N2O6. The fraction of sp³-hybridized carbons (Fsp3) is 0.727. The Morgan fingerprint density at radius 3 is 2.11 bits per heavy atom.